The number of amides is 1. The van der Waals surface area contributed by atoms with Crippen molar-refractivity contribution in [3.63, 3.8) is 0 Å². The van der Waals surface area contributed by atoms with Crippen molar-refractivity contribution in [2.24, 2.45) is 0 Å². The largest absolute Gasteiger partial charge is 0.508 e. The third-order valence-corrected chi connectivity index (χ3v) is 2.87. The number of hydrogen-bond donors (Lipinski definition) is 2. The summed E-state index contributed by atoms with van der Waals surface area (Å²) >= 11 is 3.36. The molecule has 1 rings (SSSR count). The van der Waals surface area contributed by atoms with E-state index in [1.807, 2.05) is 6.92 Å². The van der Waals surface area contributed by atoms with Gasteiger partial charge in [0, 0.05) is 16.9 Å². The number of halogens is 1. The Morgan fingerprint density at radius 1 is 1.44 bits per heavy atom. The van der Waals surface area contributed by atoms with Crippen LogP contribution in [0.1, 0.15) is 30.1 Å². The Bertz CT molecular complexity index is 337. The summed E-state index contributed by atoms with van der Waals surface area (Å²) in [6.07, 6.45) is 1.83. The topological polar surface area (TPSA) is 49.3 Å². The molecule has 0 radical (unpaired) electrons. The minimum absolute atomic E-state index is 0.0900. The zero-order chi connectivity index (χ0) is 12.0. The van der Waals surface area contributed by atoms with Crippen LogP contribution in [-0.2, 0) is 0 Å². The van der Waals surface area contributed by atoms with E-state index in [1.54, 1.807) is 12.1 Å². The van der Waals surface area contributed by atoms with Crippen LogP contribution in [0.4, 0.5) is 0 Å². The lowest BCUT2D eigenvalue weighted by molar-refractivity contribution is 0.0935. The summed E-state index contributed by atoms with van der Waals surface area (Å²) in [7, 11) is 0. The van der Waals surface area contributed by atoms with Crippen molar-refractivity contribution in [3.8, 4) is 5.75 Å². The monoisotopic (exact) mass is 285 g/mol. The van der Waals surface area contributed by atoms with E-state index in [4.69, 9.17) is 5.11 Å². The van der Waals surface area contributed by atoms with Gasteiger partial charge in [-0.15, -0.1) is 0 Å². The van der Waals surface area contributed by atoms with Crippen LogP contribution in [0.2, 0.25) is 0 Å². The summed E-state index contributed by atoms with van der Waals surface area (Å²) in [4.78, 5) is 11.8. The van der Waals surface area contributed by atoms with Gasteiger partial charge in [-0.2, -0.15) is 0 Å². The summed E-state index contributed by atoms with van der Waals surface area (Å²) in [5.41, 5.74) is 0.575. The van der Waals surface area contributed by atoms with E-state index in [-0.39, 0.29) is 17.7 Å². The van der Waals surface area contributed by atoms with Crippen molar-refractivity contribution in [2.75, 3.05) is 5.33 Å². The molecule has 0 saturated carbocycles. The zero-order valence-corrected chi connectivity index (χ0v) is 10.8. The Morgan fingerprint density at radius 2 is 2.06 bits per heavy atom. The van der Waals surface area contributed by atoms with Gasteiger partial charge in [0.05, 0.1) is 0 Å². The molecule has 16 heavy (non-hydrogen) atoms. The van der Waals surface area contributed by atoms with E-state index < -0.39 is 0 Å². The van der Waals surface area contributed by atoms with Crippen LogP contribution >= 0.6 is 15.9 Å². The molecule has 3 nitrogen and oxygen atoms in total. The highest BCUT2D eigenvalue weighted by atomic mass is 79.9. The van der Waals surface area contributed by atoms with Gasteiger partial charge in [0.1, 0.15) is 5.75 Å². The van der Waals surface area contributed by atoms with Crippen molar-refractivity contribution in [2.45, 2.75) is 25.8 Å². The first-order valence-corrected chi connectivity index (χ1v) is 6.45. The summed E-state index contributed by atoms with van der Waals surface area (Å²) < 4.78 is 0. The first-order valence-electron chi connectivity index (χ1n) is 5.33. The summed E-state index contributed by atoms with van der Waals surface area (Å²) in [6.45, 7) is 2.05. The molecular formula is C12H16BrNO2. The van der Waals surface area contributed by atoms with Gasteiger partial charge >= 0.3 is 0 Å². The number of carbonyl (C=O) groups is 1. The molecule has 4 heteroatoms. The molecule has 2 N–H and O–H groups in total. The Balaban J connectivity index is 2.60. The molecule has 1 atom stereocenters. The fourth-order valence-electron chi connectivity index (χ4n) is 1.39. The molecule has 0 aliphatic carbocycles. The van der Waals surface area contributed by atoms with E-state index in [0.29, 0.717) is 5.56 Å². The van der Waals surface area contributed by atoms with Crippen molar-refractivity contribution in [1.29, 1.82) is 0 Å². The number of benzene rings is 1. The highest BCUT2D eigenvalue weighted by molar-refractivity contribution is 9.09. The quantitative estimate of drug-likeness (QED) is 0.818. The molecule has 88 valence electrons. The lowest BCUT2D eigenvalue weighted by Gasteiger charge is -2.15. The average molecular weight is 286 g/mol. The summed E-state index contributed by atoms with van der Waals surface area (Å²) in [6, 6.07) is 6.46. The number of phenolic OH excluding ortho intramolecular Hbond substituents is 1. The van der Waals surface area contributed by atoms with Gasteiger partial charge in [0.25, 0.3) is 5.91 Å². The average Bonchev–Trinajstić information content (AvgIpc) is 2.29. The van der Waals surface area contributed by atoms with Crippen molar-refractivity contribution in [3.05, 3.63) is 29.8 Å². The highest BCUT2D eigenvalue weighted by Crippen LogP contribution is 2.10. The zero-order valence-electron chi connectivity index (χ0n) is 9.24. The molecule has 0 spiro atoms. The summed E-state index contributed by atoms with van der Waals surface area (Å²) in [5.74, 6) is 0.0804. The number of carbonyl (C=O) groups excluding carboxylic acids is 1. The maximum absolute atomic E-state index is 11.8. The predicted molar refractivity (Wildman–Crippen MR) is 68.1 cm³/mol. The fourth-order valence-corrected chi connectivity index (χ4v) is 1.94. The van der Waals surface area contributed by atoms with E-state index >= 15 is 0 Å². The molecule has 0 aliphatic heterocycles. The van der Waals surface area contributed by atoms with Crippen molar-refractivity contribution < 1.29 is 9.90 Å². The molecule has 1 unspecified atom stereocenters. The van der Waals surface area contributed by atoms with Crippen LogP contribution in [0.15, 0.2) is 24.3 Å². The first-order chi connectivity index (χ1) is 7.67. The van der Waals surface area contributed by atoms with Gasteiger partial charge < -0.3 is 10.4 Å². The molecule has 0 bridgehead atoms. The number of aromatic hydroxyl groups is 1. The van der Waals surface area contributed by atoms with Crippen LogP contribution in [0.5, 0.6) is 5.75 Å². The second-order valence-electron chi connectivity index (χ2n) is 3.60. The van der Waals surface area contributed by atoms with Crippen LogP contribution in [0.25, 0.3) is 0 Å². The van der Waals surface area contributed by atoms with E-state index in [9.17, 15) is 4.79 Å². The molecule has 0 aliphatic rings. The highest BCUT2D eigenvalue weighted by Gasteiger charge is 2.11. The first kappa shape index (κ1) is 13.0. The second-order valence-corrected chi connectivity index (χ2v) is 4.40. The predicted octanol–water partition coefficient (Wildman–Crippen LogP) is 2.69. The van der Waals surface area contributed by atoms with Gasteiger partial charge in [0.15, 0.2) is 0 Å². The Morgan fingerprint density at radius 3 is 2.56 bits per heavy atom. The molecule has 0 saturated heterocycles. The Labute approximate surface area is 104 Å². The van der Waals surface area contributed by atoms with Crippen molar-refractivity contribution >= 4 is 21.8 Å². The SMILES string of the molecule is CCC(CCBr)NC(=O)c1ccc(O)cc1. The Hall–Kier alpha value is -1.03. The Kier molecular flexibility index (Phi) is 5.32. The molecular weight excluding hydrogens is 270 g/mol. The number of phenols is 1. The van der Waals surface area contributed by atoms with Gasteiger partial charge in [-0.05, 0) is 37.1 Å². The molecule has 1 amide bonds. The van der Waals surface area contributed by atoms with Gasteiger partial charge in [0.2, 0.25) is 0 Å². The normalized spacial score (nSPS) is 12.1. The van der Waals surface area contributed by atoms with Crippen LogP contribution < -0.4 is 5.32 Å². The van der Waals surface area contributed by atoms with Gasteiger partial charge in [-0.1, -0.05) is 22.9 Å². The maximum Gasteiger partial charge on any atom is 0.251 e. The third-order valence-electron chi connectivity index (χ3n) is 2.42. The van der Waals surface area contributed by atoms with Crippen LogP contribution in [0, 0.1) is 0 Å². The maximum atomic E-state index is 11.8. The smallest absolute Gasteiger partial charge is 0.251 e. The van der Waals surface area contributed by atoms with E-state index in [1.165, 1.54) is 12.1 Å². The van der Waals surface area contributed by atoms with Gasteiger partial charge in [-0.25, -0.2) is 0 Å². The standard InChI is InChI=1S/C12H16BrNO2/c1-2-10(7-8-13)14-12(16)9-3-5-11(15)6-4-9/h3-6,10,15H,2,7-8H2,1H3,(H,14,16). The molecule has 0 fully saturated rings. The molecule has 0 heterocycles. The lowest BCUT2D eigenvalue weighted by atomic mass is 10.1. The molecule has 1 aromatic rings. The van der Waals surface area contributed by atoms with Crippen molar-refractivity contribution in [1.82, 2.24) is 5.32 Å². The van der Waals surface area contributed by atoms with Crippen LogP contribution in [-0.4, -0.2) is 22.4 Å². The third kappa shape index (κ3) is 3.85. The van der Waals surface area contributed by atoms with E-state index in [2.05, 4.69) is 21.2 Å². The van der Waals surface area contributed by atoms with Gasteiger partial charge in [-0.3, -0.25) is 4.79 Å². The number of nitrogens with one attached hydrogen (secondary N) is 1. The lowest BCUT2D eigenvalue weighted by Crippen LogP contribution is -2.34. The fraction of sp³-hybridized carbons (Fsp3) is 0.417. The van der Waals surface area contributed by atoms with E-state index in [0.717, 1.165) is 18.2 Å². The number of hydrogen-bond acceptors (Lipinski definition) is 2. The number of rotatable bonds is 5. The van der Waals surface area contributed by atoms with Crippen LogP contribution in [0.3, 0.4) is 0 Å². The molecule has 1 aromatic carbocycles. The minimum atomic E-state index is -0.0900. The number of alkyl halides is 1. The molecule has 0 aromatic heterocycles. The minimum Gasteiger partial charge on any atom is -0.508 e. The summed E-state index contributed by atoms with van der Waals surface area (Å²) in [5, 5.41) is 12.9. The second kappa shape index (κ2) is 6.53.